The van der Waals surface area contributed by atoms with Crippen LogP contribution in [0, 0.1) is 13.8 Å². The van der Waals surface area contributed by atoms with Gasteiger partial charge in [0.1, 0.15) is 5.69 Å². The molecule has 0 fully saturated rings. The molecule has 0 spiro atoms. The number of H-pyrrole nitrogens is 1. The minimum Gasteiger partial charge on any atom is -0.349 e. The molecule has 0 aliphatic carbocycles. The summed E-state index contributed by atoms with van der Waals surface area (Å²) < 4.78 is 40.0. The third-order valence-corrected chi connectivity index (χ3v) is 4.95. The van der Waals surface area contributed by atoms with E-state index in [2.05, 4.69) is 10.1 Å². The first-order valence-electron chi connectivity index (χ1n) is 9.06. The lowest BCUT2D eigenvalue weighted by molar-refractivity contribution is -0.137. The van der Waals surface area contributed by atoms with Crippen LogP contribution >= 0.6 is 0 Å². The van der Waals surface area contributed by atoms with Crippen molar-refractivity contribution in [1.29, 1.82) is 0 Å². The van der Waals surface area contributed by atoms with Crippen molar-refractivity contribution in [3.05, 3.63) is 62.7 Å². The molecular weight excluding hydrogens is 385 g/mol. The molecule has 154 valence electrons. The summed E-state index contributed by atoms with van der Waals surface area (Å²) in [5.74, 6) is -0.246. The summed E-state index contributed by atoms with van der Waals surface area (Å²) in [6.07, 6.45) is -4.47. The van der Waals surface area contributed by atoms with Crippen LogP contribution in [0.15, 0.2) is 29.1 Å². The first kappa shape index (κ1) is 20.6. The number of benzene rings is 1. The Labute approximate surface area is 164 Å². The molecule has 2 aromatic heterocycles. The fourth-order valence-corrected chi connectivity index (χ4v) is 3.21. The van der Waals surface area contributed by atoms with Crippen molar-refractivity contribution < 1.29 is 18.0 Å². The van der Waals surface area contributed by atoms with E-state index in [1.165, 1.54) is 17.0 Å². The van der Waals surface area contributed by atoms with Gasteiger partial charge in [-0.15, -0.1) is 0 Å². The van der Waals surface area contributed by atoms with Gasteiger partial charge in [-0.2, -0.15) is 18.3 Å². The largest absolute Gasteiger partial charge is 0.416 e. The number of nitrogens with zero attached hydrogens (tertiary/aromatic N) is 3. The molecule has 0 saturated heterocycles. The summed E-state index contributed by atoms with van der Waals surface area (Å²) in [7, 11) is 1.66. The van der Waals surface area contributed by atoms with E-state index in [0.29, 0.717) is 40.0 Å². The summed E-state index contributed by atoms with van der Waals surface area (Å²) in [6, 6.07) is 4.79. The van der Waals surface area contributed by atoms with Gasteiger partial charge in [0.25, 0.3) is 11.5 Å². The minimum absolute atomic E-state index is 0.109. The Morgan fingerprint density at radius 3 is 2.59 bits per heavy atom. The van der Waals surface area contributed by atoms with Crippen LogP contribution in [0.25, 0.3) is 10.9 Å². The summed E-state index contributed by atoms with van der Waals surface area (Å²) >= 11 is 0. The third kappa shape index (κ3) is 3.76. The van der Waals surface area contributed by atoms with Crippen molar-refractivity contribution >= 4 is 16.8 Å². The molecular formula is C20H21F3N4O2. The molecule has 1 aromatic carbocycles. The highest BCUT2D eigenvalue weighted by atomic mass is 19.4. The fourth-order valence-electron chi connectivity index (χ4n) is 3.21. The summed E-state index contributed by atoms with van der Waals surface area (Å²) in [6.45, 7) is 5.58. The number of hydrogen-bond donors (Lipinski definition) is 1. The van der Waals surface area contributed by atoms with Crippen molar-refractivity contribution in [2.75, 3.05) is 13.6 Å². The number of amides is 1. The lowest BCUT2D eigenvalue weighted by Gasteiger charge is -2.13. The van der Waals surface area contributed by atoms with E-state index in [-0.39, 0.29) is 12.5 Å². The molecule has 1 N–H and O–H groups in total. The highest BCUT2D eigenvalue weighted by Crippen LogP contribution is 2.29. The Morgan fingerprint density at radius 2 is 1.97 bits per heavy atom. The van der Waals surface area contributed by atoms with Crippen molar-refractivity contribution in [1.82, 2.24) is 19.7 Å². The van der Waals surface area contributed by atoms with Crippen LogP contribution in [0.5, 0.6) is 0 Å². The van der Waals surface area contributed by atoms with Gasteiger partial charge in [0.15, 0.2) is 0 Å². The lowest BCUT2D eigenvalue weighted by atomic mass is 10.1. The molecule has 29 heavy (non-hydrogen) atoms. The third-order valence-electron chi connectivity index (χ3n) is 4.95. The number of halogens is 3. The van der Waals surface area contributed by atoms with Crippen molar-refractivity contribution in [3.63, 3.8) is 0 Å². The van der Waals surface area contributed by atoms with Crippen LogP contribution in [0.1, 0.15) is 39.8 Å². The second-order valence-electron chi connectivity index (χ2n) is 6.94. The zero-order valence-electron chi connectivity index (χ0n) is 16.5. The number of carbonyl (C=O) groups excluding carboxylic acids is 1. The van der Waals surface area contributed by atoms with Gasteiger partial charge in [-0.1, -0.05) is 12.1 Å². The van der Waals surface area contributed by atoms with Crippen LogP contribution in [-0.2, 0) is 12.7 Å². The molecule has 0 bridgehead atoms. The van der Waals surface area contributed by atoms with Crippen LogP contribution < -0.4 is 5.56 Å². The van der Waals surface area contributed by atoms with E-state index in [4.69, 9.17) is 0 Å². The van der Waals surface area contributed by atoms with Gasteiger partial charge < -0.3 is 9.88 Å². The molecule has 6 nitrogen and oxygen atoms in total. The van der Waals surface area contributed by atoms with Gasteiger partial charge in [-0.25, -0.2) is 4.68 Å². The Morgan fingerprint density at radius 1 is 1.28 bits per heavy atom. The predicted molar refractivity (Wildman–Crippen MR) is 103 cm³/mol. The number of rotatable bonds is 4. The Kier molecular flexibility index (Phi) is 5.25. The molecule has 0 aliphatic heterocycles. The summed E-state index contributed by atoms with van der Waals surface area (Å²) in [5, 5.41) is 4.55. The number of fused-ring (bicyclic) bond motifs is 1. The number of aromatic amines is 1. The molecule has 3 rings (SSSR count). The molecule has 0 unspecified atom stereocenters. The second-order valence-corrected chi connectivity index (χ2v) is 6.94. The average Bonchev–Trinajstić information content (AvgIpc) is 3.02. The molecule has 9 heteroatoms. The summed E-state index contributed by atoms with van der Waals surface area (Å²) in [4.78, 5) is 30.1. The number of carbonyl (C=O) groups is 1. The quantitative estimate of drug-likeness (QED) is 0.721. The van der Waals surface area contributed by atoms with Crippen molar-refractivity contribution in [3.8, 4) is 0 Å². The lowest BCUT2D eigenvalue weighted by Crippen LogP contribution is -2.27. The molecule has 0 saturated carbocycles. The fraction of sp³-hybridized carbons (Fsp3) is 0.350. The molecule has 0 aliphatic rings. The molecule has 3 aromatic rings. The van der Waals surface area contributed by atoms with E-state index < -0.39 is 17.3 Å². The standard InChI is InChI=1S/C20H21F3N4O2/c1-5-26(4)19(29)16-11(2)15-17(24-16)12(3)25-27(18(15)28)10-13-7-6-8-14(9-13)20(21,22)23/h6-9,24H,5,10H2,1-4H3. The van der Waals surface area contributed by atoms with Gasteiger partial charge in [0, 0.05) is 13.6 Å². The number of aromatic nitrogens is 3. The Balaban J connectivity index is 2.10. The Bertz CT molecular complexity index is 1150. The van der Waals surface area contributed by atoms with Crippen LogP contribution in [0.3, 0.4) is 0 Å². The normalized spacial score (nSPS) is 11.8. The smallest absolute Gasteiger partial charge is 0.349 e. The first-order valence-corrected chi connectivity index (χ1v) is 9.06. The number of hydrogen-bond acceptors (Lipinski definition) is 3. The van der Waals surface area contributed by atoms with Crippen molar-refractivity contribution in [2.45, 2.75) is 33.5 Å². The molecule has 0 radical (unpaired) electrons. The first-order chi connectivity index (χ1) is 13.5. The van der Waals surface area contributed by atoms with Gasteiger partial charge >= 0.3 is 6.18 Å². The minimum atomic E-state index is -4.47. The number of aryl methyl sites for hydroxylation is 2. The predicted octanol–water partition coefficient (Wildman–Crippen LogP) is 3.50. The van der Waals surface area contributed by atoms with Gasteiger partial charge in [-0.05, 0) is 44.0 Å². The van der Waals surface area contributed by atoms with E-state index in [9.17, 15) is 22.8 Å². The molecule has 1 amide bonds. The Hall–Kier alpha value is -3.10. The van der Waals surface area contributed by atoms with E-state index in [0.717, 1.165) is 16.8 Å². The van der Waals surface area contributed by atoms with Gasteiger partial charge in [-0.3, -0.25) is 9.59 Å². The van der Waals surface area contributed by atoms with Crippen LogP contribution in [0.2, 0.25) is 0 Å². The number of nitrogens with one attached hydrogen (secondary N) is 1. The van der Waals surface area contributed by atoms with Crippen molar-refractivity contribution in [2.24, 2.45) is 0 Å². The summed E-state index contributed by atoms with van der Waals surface area (Å²) in [5.41, 5.74) is 0.808. The highest BCUT2D eigenvalue weighted by molar-refractivity contribution is 6.00. The monoisotopic (exact) mass is 406 g/mol. The molecule has 0 atom stereocenters. The van der Waals surface area contributed by atoms with Crippen LogP contribution in [0.4, 0.5) is 13.2 Å². The SMILES string of the molecule is CCN(C)C(=O)c1[nH]c2c(C)nn(Cc3cccc(C(F)(F)F)c3)c(=O)c2c1C. The zero-order chi connectivity index (χ0) is 21.5. The topological polar surface area (TPSA) is 71.0 Å². The number of alkyl halides is 3. The van der Waals surface area contributed by atoms with Crippen LogP contribution in [-0.4, -0.2) is 39.2 Å². The average molecular weight is 406 g/mol. The zero-order valence-corrected chi connectivity index (χ0v) is 16.5. The maximum Gasteiger partial charge on any atom is 0.416 e. The van der Waals surface area contributed by atoms with E-state index in [1.807, 2.05) is 6.92 Å². The molecule has 2 heterocycles. The highest BCUT2D eigenvalue weighted by Gasteiger charge is 2.30. The van der Waals surface area contributed by atoms with Gasteiger partial charge in [0.2, 0.25) is 0 Å². The van der Waals surface area contributed by atoms with E-state index >= 15 is 0 Å². The maximum atomic E-state index is 13.0. The maximum absolute atomic E-state index is 13.0. The van der Waals surface area contributed by atoms with E-state index in [1.54, 1.807) is 20.9 Å². The van der Waals surface area contributed by atoms with Gasteiger partial charge in [0.05, 0.1) is 28.7 Å². The second kappa shape index (κ2) is 7.38.